The van der Waals surface area contributed by atoms with E-state index in [9.17, 15) is 13.2 Å². The van der Waals surface area contributed by atoms with Gasteiger partial charge in [-0.15, -0.1) is 0 Å². The molecular weight excluding hydrogens is 324 g/mol. The highest BCUT2D eigenvalue weighted by molar-refractivity contribution is 7.89. The van der Waals surface area contributed by atoms with Gasteiger partial charge in [-0.1, -0.05) is 29.8 Å². The third-order valence-corrected chi connectivity index (χ3v) is 4.27. The molecule has 3 N–H and O–H groups in total. The quantitative estimate of drug-likeness (QED) is 0.895. The molecular formula is C15H15ClN2O3S. The first kappa shape index (κ1) is 16.5. The summed E-state index contributed by atoms with van der Waals surface area (Å²) in [5, 5.41) is 8.39. The van der Waals surface area contributed by atoms with Crippen LogP contribution < -0.4 is 10.5 Å². The molecule has 0 fully saturated rings. The lowest BCUT2D eigenvalue weighted by molar-refractivity contribution is 0.0950. The van der Waals surface area contributed by atoms with E-state index in [1.807, 2.05) is 6.07 Å². The number of amides is 1. The second-order valence-electron chi connectivity index (χ2n) is 4.83. The molecule has 0 aliphatic carbocycles. The van der Waals surface area contributed by atoms with Crippen LogP contribution in [0.5, 0.6) is 0 Å². The van der Waals surface area contributed by atoms with E-state index in [1.54, 1.807) is 31.2 Å². The molecule has 0 aliphatic rings. The van der Waals surface area contributed by atoms with Crippen LogP contribution in [0.1, 0.15) is 21.5 Å². The first-order valence-electron chi connectivity index (χ1n) is 6.43. The van der Waals surface area contributed by atoms with Crippen molar-refractivity contribution in [1.82, 2.24) is 5.32 Å². The molecule has 0 unspecified atom stereocenters. The van der Waals surface area contributed by atoms with Crippen molar-refractivity contribution >= 4 is 27.5 Å². The number of benzene rings is 2. The van der Waals surface area contributed by atoms with Gasteiger partial charge in [0.25, 0.3) is 5.91 Å². The van der Waals surface area contributed by atoms with Crippen molar-refractivity contribution in [1.29, 1.82) is 0 Å². The van der Waals surface area contributed by atoms with Gasteiger partial charge in [0, 0.05) is 17.1 Å². The van der Waals surface area contributed by atoms with Crippen molar-refractivity contribution in [2.24, 2.45) is 5.14 Å². The molecule has 7 heteroatoms. The van der Waals surface area contributed by atoms with Crippen LogP contribution in [0.3, 0.4) is 0 Å². The number of hydrogen-bond donors (Lipinski definition) is 2. The van der Waals surface area contributed by atoms with Gasteiger partial charge in [0.2, 0.25) is 10.0 Å². The Labute approximate surface area is 134 Å². The molecule has 0 heterocycles. The van der Waals surface area contributed by atoms with Crippen LogP contribution in [0.2, 0.25) is 5.02 Å². The fraction of sp³-hybridized carbons (Fsp3) is 0.133. The Morgan fingerprint density at radius 1 is 1.23 bits per heavy atom. The monoisotopic (exact) mass is 338 g/mol. The zero-order valence-corrected chi connectivity index (χ0v) is 13.4. The number of hydrogen-bond acceptors (Lipinski definition) is 3. The number of rotatable bonds is 4. The van der Waals surface area contributed by atoms with E-state index in [0.29, 0.717) is 17.1 Å². The highest BCUT2D eigenvalue weighted by atomic mass is 35.5. The molecule has 0 atom stereocenters. The highest BCUT2D eigenvalue weighted by Gasteiger charge is 2.14. The molecule has 0 radical (unpaired) electrons. The Hall–Kier alpha value is -1.89. The fourth-order valence-corrected chi connectivity index (χ4v) is 2.70. The van der Waals surface area contributed by atoms with E-state index in [-0.39, 0.29) is 16.4 Å². The van der Waals surface area contributed by atoms with Crippen LogP contribution in [-0.4, -0.2) is 14.3 Å². The van der Waals surface area contributed by atoms with Crippen LogP contribution in [0.4, 0.5) is 0 Å². The lowest BCUT2D eigenvalue weighted by Crippen LogP contribution is -2.24. The van der Waals surface area contributed by atoms with Crippen molar-refractivity contribution in [3.8, 4) is 0 Å². The van der Waals surface area contributed by atoms with Gasteiger partial charge in [0.1, 0.15) is 0 Å². The lowest BCUT2D eigenvalue weighted by Gasteiger charge is -2.09. The average molecular weight is 339 g/mol. The molecule has 0 bridgehead atoms. The number of primary sulfonamides is 1. The number of aryl methyl sites for hydroxylation is 1. The zero-order chi connectivity index (χ0) is 16.3. The zero-order valence-electron chi connectivity index (χ0n) is 11.8. The van der Waals surface area contributed by atoms with Gasteiger partial charge in [-0.05, 0) is 42.3 Å². The van der Waals surface area contributed by atoms with Gasteiger partial charge in [-0.25, -0.2) is 13.6 Å². The summed E-state index contributed by atoms with van der Waals surface area (Å²) >= 11 is 5.88. The molecule has 5 nitrogen and oxygen atoms in total. The minimum Gasteiger partial charge on any atom is -0.348 e. The third-order valence-electron chi connectivity index (χ3n) is 3.12. The molecule has 0 aliphatic heterocycles. The minimum absolute atomic E-state index is 0.0917. The summed E-state index contributed by atoms with van der Waals surface area (Å²) in [7, 11) is -3.85. The predicted molar refractivity (Wildman–Crippen MR) is 85.2 cm³/mol. The molecule has 2 rings (SSSR count). The van der Waals surface area contributed by atoms with Gasteiger partial charge >= 0.3 is 0 Å². The molecule has 0 saturated heterocycles. The third kappa shape index (κ3) is 4.07. The number of sulfonamides is 1. The van der Waals surface area contributed by atoms with Gasteiger partial charge in [0.05, 0.1) is 4.90 Å². The van der Waals surface area contributed by atoms with Crippen molar-refractivity contribution in [2.45, 2.75) is 18.4 Å². The van der Waals surface area contributed by atoms with E-state index >= 15 is 0 Å². The molecule has 2 aromatic rings. The Balaban J connectivity index is 2.19. The van der Waals surface area contributed by atoms with Crippen LogP contribution in [0.15, 0.2) is 47.4 Å². The van der Waals surface area contributed by atoms with Crippen molar-refractivity contribution in [2.75, 3.05) is 0 Å². The molecule has 116 valence electrons. The van der Waals surface area contributed by atoms with E-state index in [2.05, 4.69) is 5.32 Å². The highest BCUT2D eigenvalue weighted by Crippen LogP contribution is 2.15. The summed E-state index contributed by atoms with van der Waals surface area (Å²) in [6.07, 6.45) is 0. The normalized spacial score (nSPS) is 11.2. The Morgan fingerprint density at radius 3 is 2.59 bits per heavy atom. The van der Waals surface area contributed by atoms with Crippen molar-refractivity contribution in [3.63, 3.8) is 0 Å². The summed E-state index contributed by atoms with van der Waals surface area (Å²) in [4.78, 5) is 12.1. The van der Waals surface area contributed by atoms with E-state index in [0.717, 1.165) is 5.56 Å². The number of carbonyl (C=O) groups is 1. The predicted octanol–water partition coefficient (Wildman–Crippen LogP) is 2.23. The molecule has 22 heavy (non-hydrogen) atoms. The number of halogens is 1. The number of nitrogens with two attached hydrogens (primary N) is 1. The Kier molecular flexibility index (Phi) is 4.85. The van der Waals surface area contributed by atoms with Crippen molar-refractivity contribution in [3.05, 3.63) is 64.2 Å². The summed E-state index contributed by atoms with van der Waals surface area (Å²) in [5.41, 5.74) is 1.78. The molecule has 0 saturated carbocycles. The maximum atomic E-state index is 12.2. The summed E-state index contributed by atoms with van der Waals surface area (Å²) in [6.45, 7) is 2.01. The van der Waals surface area contributed by atoms with Gasteiger partial charge in [-0.2, -0.15) is 0 Å². The first-order valence-corrected chi connectivity index (χ1v) is 8.36. The second-order valence-corrected chi connectivity index (χ2v) is 6.83. The smallest absolute Gasteiger partial charge is 0.251 e. The molecule has 0 aromatic heterocycles. The van der Waals surface area contributed by atoms with Crippen LogP contribution in [-0.2, 0) is 16.6 Å². The van der Waals surface area contributed by atoms with E-state index in [4.69, 9.17) is 16.7 Å². The summed E-state index contributed by atoms with van der Waals surface area (Å²) in [5.74, 6) is -0.372. The first-order chi connectivity index (χ1) is 10.3. The lowest BCUT2D eigenvalue weighted by atomic mass is 10.1. The summed E-state index contributed by atoms with van der Waals surface area (Å²) < 4.78 is 22.7. The van der Waals surface area contributed by atoms with Crippen LogP contribution in [0, 0.1) is 6.92 Å². The summed E-state index contributed by atoms with van der Waals surface area (Å²) in [6, 6.07) is 11.3. The molecule has 2 aromatic carbocycles. The number of nitrogens with one attached hydrogen (secondary N) is 1. The SMILES string of the molecule is Cc1ccc(S(N)(=O)=O)cc1C(=O)NCc1cccc(Cl)c1. The molecule has 1 amide bonds. The average Bonchev–Trinajstić information content (AvgIpc) is 2.44. The topological polar surface area (TPSA) is 89.3 Å². The van der Waals surface area contributed by atoms with Crippen molar-refractivity contribution < 1.29 is 13.2 Å². The fourth-order valence-electron chi connectivity index (χ4n) is 1.95. The largest absolute Gasteiger partial charge is 0.348 e. The van der Waals surface area contributed by atoms with E-state index < -0.39 is 10.0 Å². The Bertz CT molecular complexity index is 819. The number of carbonyl (C=O) groups excluding carboxylic acids is 1. The molecule has 0 spiro atoms. The van der Waals surface area contributed by atoms with Gasteiger partial charge < -0.3 is 5.32 Å². The van der Waals surface area contributed by atoms with Crippen LogP contribution >= 0.6 is 11.6 Å². The minimum atomic E-state index is -3.85. The maximum absolute atomic E-state index is 12.2. The van der Waals surface area contributed by atoms with Gasteiger partial charge in [-0.3, -0.25) is 4.79 Å². The second kappa shape index (κ2) is 6.48. The van der Waals surface area contributed by atoms with E-state index in [1.165, 1.54) is 12.1 Å². The standard InChI is InChI=1S/C15H15ClN2O3S/c1-10-5-6-13(22(17,20)21)8-14(10)15(19)18-9-11-3-2-4-12(16)7-11/h2-8H,9H2,1H3,(H,18,19)(H2,17,20,21). The maximum Gasteiger partial charge on any atom is 0.251 e. The van der Waals surface area contributed by atoms with Crippen LogP contribution in [0.25, 0.3) is 0 Å². The Morgan fingerprint density at radius 2 is 1.95 bits per heavy atom. The van der Waals surface area contributed by atoms with Gasteiger partial charge in [0.15, 0.2) is 0 Å².